The van der Waals surface area contributed by atoms with Crippen LogP contribution in [0.2, 0.25) is 0 Å². The van der Waals surface area contributed by atoms with Gasteiger partial charge in [-0.05, 0) is 37.1 Å². The van der Waals surface area contributed by atoms with E-state index in [9.17, 15) is 12.8 Å². The number of piperidine rings is 1. The van der Waals surface area contributed by atoms with E-state index in [2.05, 4.69) is 0 Å². The van der Waals surface area contributed by atoms with Gasteiger partial charge in [-0.1, -0.05) is 6.42 Å². The summed E-state index contributed by atoms with van der Waals surface area (Å²) in [5.74, 6) is -2.39. The maximum atomic E-state index is 13.0. The first kappa shape index (κ1) is 18.3. The van der Waals surface area contributed by atoms with E-state index in [1.165, 1.54) is 16.4 Å². The minimum absolute atomic E-state index is 0.0639. The molecule has 7 nitrogen and oxygen atoms in total. The topological polar surface area (TPSA) is 74.3 Å². The van der Waals surface area contributed by atoms with Crippen molar-refractivity contribution in [2.24, 2.45) is 0 Å². The van der Waals surface area contributed by atoms with Gasteiger partial charge in [0.05, 0.1) is 4.90 Å². The molecular formula is C17H22FNO6S. The molecule has 1 aromatic carbocycles. The summed E-state index contributed by atoms with van der Waals surface area (Å²) in [7, 11) is -3.69. The van der Waals surface area contributed by atoms with E-state index in [1.54, 1.807) is 0 Å². The van der Waals surface area contributed by atoms with E-state index in [4.69, 9.17) is 19.6 Å². The molecule has 0 bridgehead atoms. The lowest BCUT2D eigenvalue weighted by molar-refractivity contribution is -0.662. The third kappa shape index (κ3) is 3.39. The fourth-order valence-corrected chi connectivity index (χ4v) is 5.02. The van der Waals surface area contributed by atoms with Gasteiger partial charge in [-0.25, -0.2) is 12.8 Å². The van der Waals surface area contributed by atoms with Gasteiger partial charge in [-0.3, -0.25) is 0 Å². The van der Waals surface area contributed by atoms with E-state index >= 15 is 0 Å². The number of benzene rings is 1. The van der Waals surface area contributed by atoms with Crippen molar-refractivity contribution in [3.05, 3.63) is 30.1 Å². The molecule has 1 aliphatic carbocycles. The van der Waals surface area contributed by atoms with Crippen molar-refractivity contribution in [3.8, 4) is 0 Å². The highest BCUT2D eigenvalue weighted by atomic mass is 32.2. The van der Waals surface area contributed by atoms with Crippen LogP contribution in [0.1, 0.15) is 44.9 Å². The van der Waals surface area contributed by atoms with Gasteiger partial charge in [-0.15, -0.1) is 0 Å². The average Bonchev–Trinajstić information content (AvgIpc) is 2.66. The zero-order valence-electron chi connectivity index (χ0n) is 14.4. The fraction of sp³-hybridized carbons (Fsp3) is 0.647. The highest BCUT2D eigenvalue weighted by Crippen LogP contribution is 2.42. The number of halogens is 1. The molecule has 1 saturated carbocycles. The third-order valence-electron chi connectivity index (χ3n) is 5.24. The van der Waals surface area contributed by atoms with Crippen LogP contribution in [0.4, 0.5) is 4.39 Å². The zero-order chi connectivity index (χ0) is 18.3. The van der Waals surface area contributed by atoms with Gasteiger partial charge in [0.2, 0.25) is 21.6 Å². The second-order valence-electron chi connectivity index (χ2n) is 7.07. The number of sulfonamides is 1. The Morgan fingerprint density at radius 1 is 0.808 bits per heavy atom. The molecular weight excluding hydrogens is 365 g/mol. The van der Waals surface area contributed by atoms with Crippen LogP contribution in [-0.4, -0.2) is 37.4 Å². The Bertz CT molecular complexity index is 727. The van der Waals surface area contributed by atoms with E-state index < -0.39 is 27.4 Å². The number of hydrogen-bond acceptors (Lipinski definition) is 6. The van der Waals surface area contributed by atoms with E-state index in [-0.39, 0.29) is 30.8 Å². The summed E-state index contributed by atoms with van der Waals surface area (Å²) in [6, 6.07) is 4.80. The second kappa shape index (κ2) is 6.81. The Morgan fingerprint density at radius 3 is 1.85 bits per heavy atom. The number of hydrogen-bond donors (Lipinski definition) is 0. The lowest BCUT2D eigenvalue weighted by Crippen LogP contribution is -2.56. The van der Waals surface area contributed by atoms with Crippen molar-refractivity contribution in [2.75, 3.05) is 13.1 Å². The Balaban J connectivity index is 1.39. The van der Waals surface area contributed by atoms with E-state index in [0.29, 0.717) is 12.8 Å². The zero-order valence-corrected chi connectivity index (χ0v) is 15.2. The molecule has 0 amide bonds. The summed E-state index contributed by atoms with van der Waals surface area (Å²) < 4.78 is 39.7. The van der Waals surface area contributed by atoms with E-state index in [0.717, 1.165) is 31.4 Å². The number of nitrogens with zero attached hydrogens (tertiary/aromatic N) is 1. The van der Waals surface area contributed by atoms with Crippen LogP contribution in [0, 0.1) is 5.82 Å². The molecule has 144 valence electrons. The fourth-order valence-electron chi connectivity index (χ4n) is 3.58. The van der Waals surface area contributed by atoms with Crippen molar-refractivity contribution in [3.63, 3.8) is 0 Å². The van der Waals surface area contributed by atoms with Crippen LogP contribution in [0.3, 0.4) is 0 Å². The van der Waals surface area contributed by atoms with Gasteiger partial charge >= 0.3 is 0 Å². The Kier molecular flexibility index (Phi) is 4.79. The molecule has 26 heavy (non-hydrogen) atoms. The van der Waals surface area contributed by atoms with Crippen molar-refractivity contribution in [1.29, 1.82) is 0 Å². The third-order valence-corrected chi connectivity index (χ3v) is 7.15. The molecule has 1 aromatic rings. The number of rotatable bonds is 2. The van der Waals surface area contributed by atoms with Gasteiger partial charge in [0.15, 0.2) is 0 Å². The normalized spacial score (nSPS) is 26.2. The van der Waals surface area contributed by atoms with Gasteiger partial charge < -0.3 is 0 Å². The molecule has 0 unspecified atom stereocenters. The molecule has 2 aliphatic heterocycles. The second-order valence-corrected chi connectivity index (χ2v) is 9.01. The quantitative estimate of drug-likeness (QED) is 0.727. The molecule has 4 rings (SSSR count). The monoisotopic (exact) mass is 387 g/mol. The summed E-state index contributed by atoms with van der Waals surface area (Å²) in [5, 5.41) is 0. The van der Waals surface area contributed by atoms with Gasteiger partial charge in [-0.2, -0.15) is 23.9 Å². The van der Waals surface area contributed by atoms with Crippen LogP contribution >= 0.6 is 0 Å². The lowest BCUT2D eigenvalue weighted by atomic mass is 9.94. The molecule has 0 radical (unpaired) electrons. The smallest absolute Gasteiger partial charge is 0.207 e. The van der Waals surface area contributed by atoms with Crippen molar-refractivity contribution in [1.82, 2.24) is 4.31 Å². The minimum Gasteiger partial charge on any atom is -0.207 e. The maximum absolute atomic E-state index is 13.0. The standard InChI is InChI=1S/C17H22FNO6S/c18-14-4-6-15(7-5-14)26(20,21)19-12-10-17(11-13-19)24-22-16(23-25-17)8-2-1-3-9-16/h4-7H,1-3,8-13H2. The molecule has 0 N–H and O–H groups in total. The first-order valence-corrected chi connectivity index (χ1v) is 10.4. The predicted molar refractivity (Wildman–Crippen MR) is 87.3 cm³/mol. The van der Waals surface area contributed by atoms with Crippen LogP contribution in [-0.2, 0) is 29.6 Å². The summed E-state index contributed by atoms with van der Waals surface area (Å²) in [4.78, 5) is 22.3. The van der Waals surface area contributed by atoms with E-state index in [1.807, 2.05) is 0 Å². The summed E-state index contributed by atoms with van der Waals surface area (Å²) in [6.07, 6.45) is 5.11. The highest BCUT2D eigenvalue weighted by Gasteiger charge is 2.51. The average molecular weight is 387 g/mol. The summed E-state index contributed by atoms with van der Waals surface area (Å²) in [5.41, 5.74) is 0. The van der Waals surface area contributed by atoms with Crippen molar-refractivity contribution < 1.29 is 32.4 Å². The highest BCUT2D eigenvalue weighted by molar-refractivity contribution is 7.89. The van der Waals surface area contributed by atoms with Crippen LogP contribution in [0.15, 0.2) is 29.2 Å². The molecule has 3 aliphatic rings. The Labute approximate surface area is 151 Å². The van der Waals surface area contributed by atoms with Gasteiger partial charge in [0.1, 0.15) is 5.82 Å². The molecule has 2 spiro atoms. The Morgan fingerprint density at radius 2 is 1.31 bits per heavy atom. The maximum Gasteiger partial charge on any atom is 0.243 e. The predicted octanol–water partition coefficient (Wildman–Crippen LogP) is 2.88. The van der Waals surface area contributed by atoms with Crippen molar-refractivity contribution in [2.45, 2.75) is 61.4 Å². The largest absolute Gasteiger partial charge is 0.243 e. The first-order valence-electron chi connectivity index (χ1n) is 8.93. The molecule has 9 heteroatoms. The van der Waals surface area contributed by atoms with Crippen LogP contribution in [0.5, 0.6) is 0 Å². The molecule has 2 saturated heterocycles. The van der Waals surface area contributed by atoms with Crippen LogP contribution < -0.4 is 0 Å². The summed E-state index contributed by atoms with van der Waals surface area (Å²) in [6.45, 7) is 0.388. The molecule has 0 atom stereocenters. The molecule has 3 fully saturated rings. The molecule has 2 heterocycles. The summed E-state index contributed by atoms with van der Waals surface area (Å²) >= 11 is 0. The van der Waals surface area contributed by atoms with Gasteiger partial charge in [0.25, 0.3) is 0 Å². The Hall–Kier alpha value is -1.10. The van der Waals surface area contributed by atoms with Gasteiger partial charge in [0, 0.05) is 38.8 Å². The van der Waals surface area contributed by atoms with Crippen molar-refractivity contribution >= 4 is 10.0 Å². The van der Waals surface area contributed by atoms with Crippen LogP contribution in [0.25, 0.3) is 0 Å². The minimum atomic E-state index is -3.69. The lowest BCUT2D eigenvalue weighted by Gasteiger charge is -2.46. The SMILES string of the molecule is O=S(=O)(c1ccc(F)cc1)N1CCC2(CC1)OOC1(CCCCC1)OO2. The molecule has 0 aromatic heterocycles. The first-order chi connectivity index (χ1) is 12.4.